The summed E-state index contributed by atoms with van der Waals surface area (Å²) in [5.41, 5.74) is 0. The molecule has 1 aliphatic rings. The van der Waals surface area contributed by atoms with Crippen molar-refractivity contribution in [3.05, 3.63) is 158 Å². The number of ether oxygens (including phenoxy) is 2. The van der Waals surface area contributed by atoms with Crippen LogP contribution in [0.3, 0.4) is 0 Å². The Balaban J connectivity index is 2.20. The molecule has 0 aromatic carbocycles. The number of rotatable bonds is 55. The van der Waals surface area contributed by atoms with Gasteiger partial charge in [-0.3, -0.25) is 4.79 Å². The maximum Gasteiger partial charge on any atom is 0.220 e. The van der Waals surface area contributed by atoms with Gasteiger partial charge in [0.05, 0.1) is 25.4 Å². The number of unbranched alkanes of at least 4 members (excludes halogenated alkanes) is 21. The van der Waals surface area contributed by atoms with Crippen LogP contribution < -0.4 is 5.32 Å². The van der Waals surface area contributed by atoms with Crippen LogP contribution >= 0.6 is 0 Å². The molecule has 0 spiro atoms. The molecule has 1 fully saturated rings. The van der Waals surface area contributed by atoms with E-state index in [9.17, 15) is 30.3 Å². The molecule has 1 aliphatic heterocycles. The minimum absolute atomic E-state index is 0.206. The van der Waals surface area contributed by atoms with Crippen molar-refractivity contribution in [1.82, 2.24) is 5.32 Å². The summed E-state index contributed by atoms with van der Waals surface area (Å²) < 4.78 is 11.3. The summed E-state index contributed by atoms with van der Waals surface area (Å²) in [6.07, 6.45) is 88.9. The summed E-state index contributed by atoms with van der Waals surface area (Å²) in [5.74, 6) is -0.206. The SMILES string of the molecule is CC/C=C\C/C=C\C/C=C\C/C=C\C/C=C\C/C=C\C/C=C\C/C=C\C/C=C\C/C=C\C/C=C\C/C=C\CCCCCCC(=O)NC(COC1OC(CO)C(O)C(O)C1O)C(O)/C=C/CCCCCCCCCCCCCCCCCCC. The van der Waals surface area contributed by atoms with Gasteiger partial charge in [0, 0.05) is 6.42 Å². The summed E-state index contributed by atoms with van der Waals surface area (Å²) in [6, 6.07) is -0.831. The van der Waals surface area contributed by atoms with Crippen LogP contribution in [0.25, 0.3) is 0 Å². The van der Waals surface area contributed by atoms with Crippen molar-refractivity contribution in [2.45, 2.75) is 288 Å². The summed E-state index contributed by atoms with van der Waals surface area (Å²) in [5, 5.41) is 54.6. The lowest BCUT2D eigenvalue weighted by Crippen LogP contribution is -2.60. The lowest BCUT2D eigenvalue weighted by Gasteiger charge is -2.40. The van der Waals surface area contributed by atoms with E-state index < -0.39 is 49.5 Å². The third-order valence-electron chi connectivity index (χ3n) is 14.6. The van der Waals surface area contributed by atoms with Gasteiger partial charge in [0.25, 0.3) is 0 Å². The first kappa shape index (κ1) is 76.8. The molecule has 1 rings (SSSR count). The second-order valence-electron chi connectivity index (χ2n) is 22.2. The maximum absolute atomic E-state index is 13.1. The van der Waals surface area contributed by atoms with E-state index in [1.165, 1.54) is 96.3 Å². The summed E-state index contributed by atoms with van der Waals surface area (Å²) >= 11 is 0. The smallest absolute Gasteiger partial charge is 0.220 e. The number of carbonyl (C=O) groups excluding carboxylic acids is 1. The number of aliphatic hydroxyl groups is 5. The molecule has 470 valence electrons. The molecular formula is C74H121NO8. The summed E-state index contributed by atoms with van der Waals surface area (Å²) in [6.45, 7) is 3.65. The lowest BCUT2D eigenvalue weighted by atomic mass is 9.99. The molecular weight excluding hydrogens is 1030 g/mol. The molecule has 0 radical (unpaired) electrons. The Kier molecular flexibility index (Phi) is 56.4. The Bertz CT molecular complexity index is 1860. The number of hydrogen-bond donors (Lipinski definition) is 6. The predicted molar refractivity (Wildman–Crippen MR) is 354 cm³/mol. The van der Waals surface area contributed by atoms with Crippen molar-refractivity contribution in [3.63, 3.8) is 0 Å². The van der Waals surface area contributed by atoms with Gasteiger partial charge in [0.1, 0.15) is 24.4 Å². The van der Waals surface area contributed by atoms with E-state index >= 15 is 0 Å². The Morgan fingerprint density at radius 2 is 0.747 bits per heavy atom. The molecule has 9 nitrogen and oxygen atoms in total. The topological polar surface area (TPSA) is 149 Å². The number of amides is 1. The Labute approximate surface area is 507 Å². The third-order valence-corrected chi connectivity index (χ3v) is 14.6. The van der Waals surface area contributed by atoms with E-state index in [0.717, 1.165) is 128 Å². The standard InChI is InChI=1S/C74H121NO8/c1-3-5-7-9-11-13-15-17-19-21-23-24-25-26-27-28-29-30-31-32-33-34-35-36-37-38-39-40-41-42-43-44-46-48-50-52-54-56-58-60-62-64-70(78)75-67(66-82-74-73(81)72(80)71(79)69(65-76)83-74)68(77)63-61-59-57-55-53-51-49-47-45-22-20-18-16-14-12-10-8-6-4-2/h5,7,11,13,17,19,23-24,26-27,29-30,32-33,35-36,38-39,41-42,44,46,50,52,61,63,67-69,71-74,76-77,79-81H,3-4,6,8-10,12,14-16,18,20-22,25,28,31,34,37,40,43,45,47-49,51,53-60,62,64-66H2,1-2H3,(H,75,78)/b7-5-,13-11-,19-17-,24-23-,27-26-,30-29-,33-32-,36-35-,39-38-,42-41-,46-44-,52-50-,63-61+. The van der Waals surface area contributed by atoms with Gasteiger partial charge in [0.15, 0.2) is 6.29 Å². The Morgan fingerprint density at radius 3 is 1.11 bits per heavy atom. The third kappa shape index (κ3) is 49.7. The van der Waals surface area contributed by atoms with Crippen LogP contribution in [-0.4, -0.2) is 87.5 Å². The average Bonchev–Trinajstić information content (AvgIpc) is 3.61. The number of nitrogens with one attached hydrogen (secondary N) is 1. The largest absolute Gasteiger partial charge is 0.394 e. The zero-order chi connectivity index (χ0) is 60.0. The number of carbonyl (C=O) groups is 1. The van der Waals surface area contributed by atoms with Gasteiger partial charge in [-0.05, 0) is 109 Å². The van der Waals surface area contributed by atoms with E-state index in [-0.39, 0.29) is 12.5 Å². The van der Waals surface area contributed by atoms with Gasteiger partial charge in [-0.25, -0.2) is 0 Å². The van der Waals surface area contributed by atoms with Gasteiger partial charge in [-0.1, -0.05) is 287 Å². The van der Waals surface area contributed by atoms with Crippen molar-refractivity contribution < 1.29 is 39.8 Å². The molecule has 1 saturated heterocycles. The molecule has 0 aromatic rings. The van der Waals surface area contributed by atoms with Crippen LogP contribution in [-0.2, 0) is 14.3 Å². The van der Waals surface area contributed by atoms with E-state index in [1.807, 2.05) is 6.08 Å². The van der Waals surface area contributed by atoms with Gasteiger partial charge in [0.2, 0.25) is 5.91 Å². The second kappa shape index (κ2) is 60.9. The molecule has 7 atom stereocenters. The molecule has 1 amide bonds. The predicted octanol–water partition coefficient (Wildman–Crippen LogP) is 18.0. The van der Waals surface area contributed by atoms with Gasteiger partial charge >= 0.3 is 0 Å². The highest BCUT2D eigenvalue weighted by Gasteiger charge is 2.44. The van der Waals surface area contributed by atoms with Crippen molar-refractivity contribution in [3.8, 4) is 0 Å². The van der Waals surface area contributed by atoms with Crippen molar-refractivity contribution >= 4 is 5.91 Å². The number of aliphatic hydroxyl groups excluding tert-OH is 5. The van der Waals surface area contributed by atoms with Crippen LogP contribution in [0.15, 0.2) is 158 Å². The maximum atomic E-state index is 13.1. The molecule has 0 saturated carbocycles. The molecule has 7 unspecified atom stereocenters. The molecule has 83 heavy (non-hydrogen) atoms. The van der Waals surface area contributed by atoms with Crippen molar-refractivity contribution in [2.24, 2.45) is 0 Å². The Morgan fingerprint density at radius 1 is 0.422 bits per heavy atom. The molecule has 0 bridgehead atoms. The van der Waals surface area contributed by atoms with Gasteiger partial charge in [-0.15, -0.1) is 0 Å². The normalized spacial score (nSPS) is 19.3. The number of hydrogen-bond acceptors (Lipinski definition) is 8. The first-order chi connectivity index (χ1) is 40.8. The van der Waals surface area contributed by atoms with E-state index in [2.05, 4.69) is 165 Å². The van der Waals surface area contributed by atoms with Gasteiger partial charge in [-0.2, -0.15) is 0 Å². The minimum Gasteiger partial charge on any atom is -0.394 e. The molecule has 9 heteroatoms. The lowest BCUT2D eigenvalue weighted by molar-refractivity contribution is -0.302. The monoisotopic (exact) mass is 1150 g/mol. The second-order valence-corrected chi connectivity index (χ2v) is 22.2. The van der Waals surface area contributed by atoms with Crippen LogP contribution in [0.1, 0.15) is 245 Å². The van der Waals surface area contributed by atoms with Crippen LogP contribution in [0.2, 0.25) is 0 Å². The molecule has 6 N–H and O–H groups in total. The Hall–Kier alpha value is -4.19. The average molecular weight is 1150 g/mol. The van der Waals surface area contributed by atoms with E-state index in [0.29, 0.717) is 6.42 Å². The number of allylic oxidation sites excluding steroid dienone is 25. The fraction of sp³-hybridized carbons (Fsp3) is 0.635. The van der Waals surface area contributed by atoms with E-state index in [1.54, 1.807) is 6.08 Å². The fourth-order valence-corrected chi connectivity index (χ4v) is 9.43. The van der Waals surface area contributed by atoms with Gasteiger partial charge < -0.3 is 40.3 Å². The summed E-state index contributed by atoms with van der Waals surface area (Å²) in [4.78, 5) is 13.1. The highest BCUT2D eigenvalue weighted by molar-refractivity contribution is 5.76. The van der Waals surface area contributed by atoms with E-state index in [4.69, 9.17) is 9.47 Å². The van der Waals surface area contributed by atoms with Crippen LogP contribution in [0.4, 0.5) is 0 Å². The first-order valence-corrected chi connectivity index (χ1v) is 33.2. The van der Waals surface area contributed by atoms with Crippen molar-refractivity contribution in [1.29, 1.82) is 0 Å². The zero-order valence-corrected chi connectivity index (χ0v) is 52.4. The highest BCUT2D eigenvalue weighted by Crippen LogP contribution is 2.23. The molecule has 0 aliphatic carbocycles. The first-order valence-electron chi connectivity index (χ1n) is 33.2. The zero-order valence-electron chi connectivity index (χ0n) is 52.4. The van der Waals surface area contributed by atoms with Crippen molar-refractivity contribution in [2.75, 3.05) is 13.2 Å². The minimum atomic E-state index is -1.58. The molecule has 0 aromatic heterocycles. The quantitative estimate of drug-likeness (QED) is 0.0261. The fourth-order valence-electron chi connectivity index (χ4n) is 9.43. The highest BCUT2D eigenvalue weighted by atomic mass is 16.7. The van der Waals surface area contributed by atoms with Crippen LogP contribution in [0, 0.1) is 0 Å². The van der Waals surface area contributed by atoms with Crippen LogP contribution in [0.5, 0.6) is 0 Å². The molecule has 1 heterocycles. The summed E-state index contributed by atoms with van der Waals surface area (Å²) in [7, 11) is 0.